The molecule has 2 aromatic rings. The summed E-state index contributed by atoms with van der Waals surface area (Å²) < 4.78 is 27.0. The van der Waals surface area contributed by atoms with Gasteiger partial charge in [-0.3, -0.25) is 0 Å². The molecule has 2 aliphatic rings. The summed E-state index contributed by atoms with van der Waals surface area (Å²) in [4.78, 5) is 0. The summed E-state index contributed by atoms with van der Waals surface area (Å²) in [5.74, 6) is -0.312. The molecule has 1 aliphatic carbocycles. The van der Waals surface area contributed by atoms with Crippen LogP contribution < -0.4 is 5.19 Å². The van der Waals surface area contributed by atoms with Crippen LogP contribution in [0.2, 0.25) is 18.1 Å². The minimum Gasteiger partial charge on any atom is -0.385 e. The van der Waals surface area contributed by atoms with E-state index in [1.165, 1.54) is 56.3 Å². The monoisotopic (exact) mass is 456 g/mol. The Morgan fingerprint density at radius 1 is 0.875 bits per heavy atom. The van der Waals surface area contributed by atoms with Crippen LogP contribution in [0.4, 0.5) is 8.78 Å². The number of rotatable bonds is 7. The molecule has 1 saturated heterocycles. The molecule has 0 spiro atoms. The van der Waals surface area contributed by atoms with E-state index in [9.17, 15) is 13.9 Å². The number of aliphatic hydroxyl groups is 1. The highest BCUT2D eigenvalue weighted by molar-refractivity contribution is 6.92. The van der Waals surface area contributed by atoms with Crippen LogP contribution in [0.15, 0.2) is 48.5 Å². The Morgan fingerprint density at radius 2 is 1.53 bits per heavy atom. The summed E-state index contributed by atoms with van der Waals surface area (Å²) in [7, 11) is -1.42. The van der Waals surface area contributed by atoms with Crippen LogP contribution >= 0.6 is 0 Å². The van der Waals surface area contributed by atoms with Gasteiger partial charge in [-0.05, 0) is 55.2 Å². The normalized spacial score (nSPS) is 30.9. The van der Waals surface area contributed by atoms with Crippen molar-refractivity contribution >= 4 is 13.3 Å². The lowest BCUT2D eigenvalue weighted by Crippen LogP contribution is -2.50. The van der Waals surface area contributed by atoms with E-state index in [1.54, 1.807) is 11.3 Å². The van der Waals surface area contributed by atoms with Crippen molar-refractivity contribution in [2.45, 2.75) is 88.4 Å². The topological polar surface area (TPSA) is 20.2 Å². The number of hydrogen-bond donors (Lipinski definition) is 1. The Hall–Kier alpha value is -1.52. The Bertz CT molecular complexity index is 868. The van der Waals surface area contributed by atoms with Crippen LogP contribution in [0, 0.1) is 23.5 Å². The van der Waals surface area contributed by atoms with Crippen LogP contribution in [0.5, 0.6) is 0 Å². The zero-order valence-corrected chi connectivity index (χ0v) is 20.5. The first-order valence-corrected chi connectivity index (χ1v) is 15.3. The highest BCUT2D eigenvalue weighted by Gasteiger charge is 2.43. The quantitative estimate of drug-likeness (QED) is 0.342. The molecule has 2 fully saturated rings. The molecule has 4 rings (SSSR count). The first kappa shape index (κ1) is 23.6. The summed E-state index contributed by atoms with van der Waals surface area (Å²) in [6.45, 7) is 2.29. The van der Waals surface area contributed by atoms with Gasteiger partial charge in [0.1, 0.15) is 0 Å². The predicted octanol–water partition coefficient (Wildman–Crippen LogP) is 7.30. The van der Waals surface area contributed by atoms with E-state index in [2.05, 4.69) is 37.3 Å². The van der Waals surface area contributed by atoms with E-state index in [-0.39, 0.29) is 0 Å². The Balaban J connectivity index is 1.38. The molecule has 0 amide bonds. The lowest BCUT2D eigenvalue weighted by molar-refractivity contribution is -0.0234. The van der Waals surface area contributed by atoms with E-state index in [0.29, 0.717) is 24.3 Å². The van der Waals surface area contributed by atoms with Gasteiger partial charge in [0.25, 0.3) is 0 Å². The molecule has 1 saturated carbocycles. The highest BCUT2D eigenvalue weighted by atomic mass is 28.3. The molecular weight excluding hydrogens is 418 g/mol. The SMILES string of the molecule is CCCCC[Si]1(c2ccccc2)CCC(C2CCC(O)(c3ccc(F)c(F)c3)CC2)CC1. The molecule has 2 aromatic carbocycles. The van der Waals surface area contributed by atoms with Gasteiger partial charge < -0.3 is 5.11 Å². The zero-order valence-electron chi connectivity index (χ0n) is 19.5. The predicted molar refractivity (Wildman–Crippen MR) is 131 cm³/mol. The van der Waals surface area contributed by atoms with E-state index in [1.807, 2.05) is 0 Å². The van der Waals surface area contributed by atoms with Crippen LogP contribution in [-0.2, 0) is 5.60 Å². The molecule has 174 valence electrons. The Labute approximate surface area is 193 Å². The third-order valence-electron chi connectivity index (χ3n) is 8.61. The molecule has 32 heavy (non-hydrogen) atoms. The van der Waals surface area contributed by atoms with Crippen molar-refractivity contribution in [2.24, 2.45) is 11.8 Å². The van der Waals surface area contributed by atoms with E-state index in [0.717, 1.165) is 24.8 Å². The van der Waals surface area contributed by atoms with Gasteiger partial charge in [0.2, 0.25) is 0 Å². The average molecular weight is 457 g/mol. The first-order valence-electron chi connectivity index (χ1n) is 12.7. The molecule has 0 aromatic heterocycles. The smallest absolute Gasteiger partial charge is 0.159 e. The van der Waals surface area contributed by atoms with Crippen LogP contribution in [-0.4, -0.2) is 13.2 Å². The maximum atomic E-state index is 13.7. The van der Waals surface area contributed by atoms with Crippen molar-refractivity contribution in [3.8, 4) is 0 Å². The van der Waals surface area contributed by atoms with Gasteiger partial charge in [-0.15, -0.1) is 0 Å². The van der Waals surface area contributed by atoms with Crippen molar-refractivity contribution in [3.05, 3.63) is 65.7 Å². The van der Waals surface area contributed by atoms with E-state index in [4.69, 9.17) is 0 Å². The summed E-state index contributed by atoms with van der Waals surface area (Å²) in [5, 5.41) is 12.8. The maximum Gasteiger partial charge on any atom is 0.159 e. The lowest BCUT2D eigenvalue weighted by Gasteiger charge is -2.44. The summed E-state index contributed by atoms with van der Waals surface area (Å²) >= 11 is 0. The van der Waals surface area contributed by atoms with Crippen LogP contribution in [0.1, 0.15) is 70.3 Å². The van der Waals surface area contributed by atoms with Crippen LogP contribution in [0.3, 0.4) is 0 Å². The van der Waals surface area contributed by atoms with E-state index >= 15 is 0 Å². The fraction of sp³-hybridized carbons (Fsp3) is 0.571. The molecule has 1 heterocycles. The molecular formula is C28H38F2OSi. The third kappa shape index (κ3) is 5.01. The maximum absolute atomic E-state index is 13.7. The third-order valence-corrected chi connectivity index (χ3v) is 14.0. The molecule has 1 nitrogen and oxygen atoms in total. The van der Waals surface area contributed by atoms with Gasteiger partial charge in [-0.25, -0.2) is 8.78 Å². The second-order valence-corrected chi connectivity index (χ2v) is 15.1. The second kappa shape index (κ2) is 10.2. The van der Waals surface area contributed by atoms with Crippen molar-refractivity contribution in [1.29, 1.82) is 0 Å². The lowest BCUT2D eigenvalue weighted by atomic mass is 9.70. The van der Waals surface area contributed by atoms with Crippen molar-refractivity contribution in [1.82, 2.24) is 0 Å². The number of unbranched alkanes of at least 4 members (excludes halogenated alkanes) is 2. The fourth-order valence-electron chi connectivity index (χ4n) is 6.52. The van der Waals surface area contributed by atoms with E-state index < -0.39 is 25.3 Å². The molecule has 0 atom stereocenters. The van der Waals surface area contributed by atoms with Gasteiger partial charge >= 0.3 is 0 Å². The number of halogens is 2. The van der Waals surface area contributed by atoms with Crippen molar-refractivity contribution in [2.75, 3.05) is 0 Å². The number of benzene rings is 2. The van der Waals surface area contributed by atoms with Crippen molar-refractivity contribution in [3.63, 3.8) is 0 Å². The molecule has 4 heteroatoms. The highest BCUT2D eigenvalue weighted by Crippen LogP contribution is 2.47. The largest absolute Gasteiger partial charge is 0.385 e. The molecule has 0 unspecified atom stereocenters. The second-order valence-electron chi connectivity index (χ2n) is 10.4. The summed E-state index contributed by atoms with van der Waals surface area (Å²) in [6.07, 6.45) is 9.90. The Morgan fingerprint density at radius 3 is 2.16 bits per heavy atom. The fourth-order valence-corrected chi connectivity index (χ4v) is 11.8. The Kier molecular flexibility index (Phi) is 7.51. The van der Waals surface area contributed by atoms with Gasteiger partial charge in [0.05, 0.1) is 13.7 Å². The van der Waals surface area contributed by atoms with Crippen molar-refractivity contribution < 1.29 is 13.9 Å². The van der Waals surface area contributed by atoms with Crippen LogP contribution in [0.25, 0.3) is 0 Å². The molecule has 1 aliphatic heterocycles. The molecule has 0 radical (unpaired) electrons. The average Bonchev–Trinajstić information content (AvgIpc) is 2.82. The summed E-state index contributed by atoms with van der Waals surface area (Å²) in [5.41, 5.74) is -0.479. The minimum absolute atomic E-state index is 0.532. The van der Waals surface area contributed by atoms with Gasteiger partial charge in [0.15, 0.2) is 11.6 Å². The van der Waals surface area contributed by atoms with Gasteiger partial charge in [0, 0.05) is 0 Å². The standard InChI is InChI=1S/C28H38F2OSi/c1-2-3-7-18-32(25-8-5-4-6-9-25)19-14-23(15-20-32)22-12-16-28(31,17-13-22)24-10-11-26(29)27(30)21-24/h4-6,8-11,21-23,31H,2-3,7,12-20H2,1H3. The zero-order chi connectivity index (χ0) is 22.6. The minimum atomic E-state index is -1.42. The first-order chi connectivity index (χ1) is 15.5. The van der Waals surface area contributed by atoms with Gasteiger partial charge in [-0.1, -0.05) is 98.7 Å². The number of hydrogen-bond acceptors (Lipinski definition) is 1. The summed E-state index contributed by atoms with van der Waals surface area (Å²) in [6, 6.07) is 19.5. The van der Waals surface area contributed by atoms with Gasteiger partial charge in [-0.2, -0.15) is 0 Å². The molecule has 0 bridgehead atoms. The molecule has 1 N–H and O–H groups in total.